The van der Waals surface area contributed by atoms with Gasteiger partial charge in [-0.2, -0.15) is 5.26 Å². The van der Waals surface area contributed by atoms with Gasteiger partial charge in [0.15, 0.2) is 5.95 Å². The summed E-state index contributed by atoms with van der Waals surface area (Å²) in [4.78, 5) is 6.92. The van der Waals surface area contributed by atoms with Gasteiger partial charge in [-0.3, -0.25) is 0 Å². The predicted molar refractivity (Wildman–Crippen MR) is 52.9 cm³/mol. The third-order valence-corrected chi connectivity index (χ3v) is 2.53. The first kappa shape index (κ1) is 8.08. The van der Waals surface area contributed by atoms with E-state index in [9.17, 15) is 0 Å². The zero-order valence-electron chi connectivity index (χ0n) is 6.50. The molecule has 64 valence electrons. The average molecular weight is 237 g/mol. The van der Waals surface area contributed by atoms with Crippen LogP contribution >= 0.6 is 15.9 Å². The van der Waals surface area contributed by atoms with Gasteiger partial charge < -0.3 is 10.7 Å². The summed E-state index contributed by atoms with van der Waals surface area (Å²) in [6.45, 7) is 0. The van der Waals surface area contributed by atoms with Crippen molar-refractivity contribution in [2.45, 2.75) is 0 Å². The molecule has 4 nitrogen and oxygen atoms in total. The third-order valence-electron chi connectivity index (χ3n) is 1.73. The molecule has 1 aromatic carbocycles. The molecule has 1 heterocycles. The molecule has 0 aliphatic rings. The number of H-pyrrole nitrogens is 1. The molecule has 0 fully saturated rings. The van der Waals surface area contributed by atoms with E-state index in [1.54, 1.807) is 12.1 Å². The highest BCUT2D eigenvalue weighted by Crippen LogP contribution is 2.25. The van der Waals surface area contributed by atoms with Gasteiger partial charge in [-0.1, -0.05) is 0 Å². The standard InChI is InChI=1S/C8H5BrN4/c9-6-4(3-10)1-2-5-7(6)13-8(11)12-5/h1-2H,(H3,11,12,13). The van der Waals surface area contributed by atoms with Crippen molar-refractivity contribution in [1.29, 1.82) is 5.26 Å². The van der Waals surface area contributed by atoms with Crippen LogP contribution in [0.2, 0.25) is 0 Å². The summed E-state index contributed by atoms with van der Waals surface area (Å²) in [5, 5.41) is 8.74. The molecular weight excluding hydrogens is 232 g/mol. The van der Waals surface area contributed by atoms with Crippen LogP contribution in [0.3, 0.4) is 0 Å². The lowest BCUT2D eigenvalue weighted by molar-refractivity contribution is 1.35. The predicted octanol–water partition coefficient (Wildman–Crippen LogP) is 1.78. The average Bonchev–Trinajstić information content (AvgIpc) is 2.47. The van der Waals surface area contributed by atoms with Gasteiger partial charge in [0, 0.05) is 0 Å². The molecule has 3 N–H and O–H groups in total. The van der Waals surface area contributed by atoms with Crippen LogP contribution in [0.5, 0.6) is 0 Å². The van der Waals surface area contributed by atoms with E-state index in [1.165, 1.54) is 0 Å². The second-order valence-electron chi connectivity index (χ2n) is 2.56. The van der Waals surface area contributed by atoms with Crippen molar-refractivity contribution in [3.8, 4) is 6.07 Å². The maximum absolute atomic E-state index is 8.74. The topological polar surface area (TPSA) is 78.5 Å². The van der Waals surface area contributed by atoms with Gasteiger partial charge in [-0.25, -0.2) is 4.98 Å². The van der Waals surface area contributed by atoms with Crippen molar-refractivity contribution in [2.24, 2.45) is 0 Å². The molecule has 5 heteroatoms. The smallest absolute Gasteiger partial charge is 0.198 e. The Kier molecular flexibility index (Phi) is 1.71. The van der Waals surface area contributed by atoms with Gasteiger partial charge in [-0.05, 0) is 28.1 Å². The number of rotatable bonds is 0. The number of nitrogens with zero attached hydrogens (tertiary/aromatic N) is 2. The van der Waals surface area contributed by atoms with Crippen molar-refractivity contribution < 1.29 is 0 Å². The largest absolute Gasteiger partial charge is 0.369 e. The molecule has 0 amide bonds. The number of hydrogen-bond donors (Lipinski definition) is 2. The molecule has 0 saturated carbocycles. The maximum atomic E-state index is 8.74. The van der Waals surface area contributed by atoms with E-state index >= 15 is 0 Å². The molecule has 0 bridgehead atoms. The number of hydrogen-bond acceptors (Lipinski definition) is 3. The SMILES string of the molecule is N#Cc1ccc2[nH]c(N)nc2c1Br. The molecule has 1 aromatic heterocycles. The van der Waals surface area contributed by atoms with Crippen LogP contribution in [-0.2, 0) is 0 Å². The Bertz CT molecular complexity index is 509. The molecule has 0 radical (unpaired) electrons. The van der Waals surface area contributed by atoms with Gasteiger partial charge >= 0.3 is 0 Å². The van der Waals surface area contributed by atoms with E-state index in [4.69, 9.17) is 11.0 Å². The van der Waals surface area contributed by atoms with Crippen molar-refractivity contribution in [2.75, 3.05) is 5.73 Å². The fourth-order valence-corrected chi connectivity index (χ4v) is 1.67. The molecule has 2 aromatic rings. The monoisotopic (exact) mass is 236 g/mol. The van der Waals surface area contributed by atoms with Gasteiger partial charge in [-0.15, -0.1) is 0 Å². The van der Waals surface area contributed by atoms with E-state index in [0.717, 1.165) is 5.52 Å². The number of halogens is 1. The van der Waals surface area contributed by atoms with E-state index in [2.05, 4.69) is 32.0 Å². The van der Waals surface area contributed by atoms with Crippen LogP contribution in [0.15, 0.2) is 16.6 Å². The molecule has 0 atom stereocenters. The minimum Gasteiger partial charge on any atom is -0.369 e. The highest BCUT2D eigenvalue weighted by Gasteiger charge is 2.07. The summed E-state index contributed by atoms with van der Waals surface area (Å²) >= 11 is 3.29. The lowest BCUT2D eigenvalue weighted by atomic mass is 10.2. The van der Waals surface area contributed by atoms with E-state index < -0.39 is 0 Å². The number of nitrogen functional groups attached to an aromatic ring is 1. The second-order valence-corrected chi connectivity index (χ2v) is 3.35. The number of aromatic amines is 1. The zero-order chi connectivity index (χ0) is 9.42. The molecule has 0 unspecified atom stereocenters. The first-order valence-electron chi connectivity index (χ1n) is 3.56. The van der Waals surface area contributed by atoms with Crippen LogP contribution in [0, 0.1) is 11.3 Å². The number of benzene rings is 1. The van der Waals surface area contributed by atoms with Crippen molar-refractivity contribution >= 4 is 32.9 Å². The third kappa shape index (κ3) is 1.15. The molecule has 0 spiro atoms. The summed E-state index contributed by atoms with van der Waals surface area (Å²) in [5.74, 6) is 0.353. The van der Waals surface area contributed by atoms with Gasteiger partial charge in [0.05, 0.1) is 15.6 Å². The Hall–Kier alpha value is -1.54. The highest BCUT2D eigenvalue weighted by molar-refractivity contribution is 9.10. The van der Waals surface area contributed by atoms with Gasteiger partial charge in [0.1, 0.15) is 11.6 Å². The van der Waals surface area contributed by atoms with Crippen molar-refractivity contribution in [1.82, 2.24) is 9.97 Å². The van der Waals surface area contributed by atoms with Crippen LogP contribution in [-0.4, -0.2) is 9.97 Å². The van der Waals surface area contributed by atoms with Crippen LogP contribution in [0.1, 0.15) is 5.56 Å². The number of imidazole rings is 1. The quantitative estimate of drug-likeness (QED) is 0.732. The minimum absolute atomic E-state index is 0.353. The van der Waals surface area contributed by atoms with Gasteiger partial charge in [0.2, 0.25) is 0 Å². The van der Waals surface area contributed by atoms with Crippen LogP contribution in [0.25, 0.3) is 11.0 Å². The van der Waals surface area contributed by atoms with E-state index in [0.29, 0.717) is 21.5 Å². The van der Waals surface area contributed by atoms with E-state index in [1.807, 2.05) is 0 Å². The molecule has 13 heavy (non-hydrogen) atoms. The first-order chi connectivity index (χ1) is 6.22. The lowest BCUT2D eigenvalue weighted by Gasteiger charge is -1.93. The van der Waals surface area contributed by atoms with Crippen LogP contribution in [0.4, 0.5) is 5.95 Å². The molecule has 0 saturated heterocycles. The Labute approximate surface area is 82.5 Å². The zero-order valence-corrected chi connectivity index (χ0v) is 8.09. The number of anilines is 1. The van der Waals surface area contributed by atoms with Crippen LogP contribution < -0.4 is 5.73 Å². The Morgan fingerprint density at radius 3 is 3.00 bits per heavy atom. The lowest BCUT2D eigenvalue weighted by Crippen LogP contribution is -1.84. The normalized spacial score (nSPS) is 10.2. The summed E-state index contributed by atoms with van der Waals surface area (Å²) in [6, 6.07) is 5.55. The second kappa shape index (κ2) is 2.75. The molecule has 2 rings (SSSR count). The van der Waals surface area contributed by atoms with Gasteiger partial charge in [0.25, 0.3) is 0 Å². The number of fused-ring (bicyclic) bond motifs is 1. The number of nitriles is 1. The molecule has 0 aliphatic heterocycles. The van der Waals surface area contributed by atoms with Crippen molar-refractivity contribution in [3.63, 3.8) is 0 Å². The summed E-state index contributed by atoms with van der Waals surface area (Å²) in [7, 11) is 0. The summed E-state index contributed by atoms with van der Waals surface area (Å²) in [5.41, 5.74) is 7.55. The molecular formula is C8H5BrN4. The first-order valence-corrected chi connectivity index (χ1v) is 4.35. The highest BCUT2D eigenvalue weighted by atomic mass is 79.9. The Morgan fingerprint density at radius 2 is 2.31 bits per heavy atom. The van der Waals surface area contributed by atoms with Crippen molar-refractivity contribution in [3.05, 3.63) is 22.2 Å². The fraction of sp³-hybridized carbons (Fsp3) is 0. The number of nitrogens with one attached hydrogen (secondary N) is 1. The summed E-state index contributed by atoms with van der Waals surface area (Å²) < 4.78 is 0.681. The minimum atomic E-state index is 0.353. The summed E-state index contributed by atoms with van der Waals surface area (Å²) in [6.07, 6.45) is 0. The number of nitrogens with two attached hydrogens (primary N) is 1. The maximum Gasteiger partial charge on any atom is 0.198 e. The Balaban J connectivity index is 2.87. The molecule has 0 aliphatic carbocycles. The Morgan fingerprint density at radius 1 is 1.54 bits per heavy atom. The fourth-order valence-electron chi connectivity index (χ4n) is 1.15. The number of aromatic nitrogens is 2. The van der Waals surface area contributed by atoms with E-state index in [-0.39, 0.29) is 0 Å².